The Morgan fingerprint density at radius 1 is 1.38 bits per heavy atom. The zero-order valence-corrected chi connectivity index (χ0v) is 7.55. The molecule has 0 amide bonds. The molecule has 0 aliphatic heterocycles. The molecule has 0 saturated heterocycles. The summed E-state index contributed by atoms with van der Waals surface area (Å²) >= 11 is 0. The van der Waals surface area contributed by atoms with Crippen LogP contribution in [-0.4, -0.2) is 53.6 Å². The van der Waals surface area contributed by atoms with Crippen molar-refractivity contribution in [2.45, 2.75) is 20.3 Å². The molecule has 0 atom stereocenters. The van der Waals surface area contributed by atoms with Crippen molar-refractivity contribution >= 4 is 45.6 Å². The van der Waals surface area contributed by atoms with E-state index >= 15 is 0 Å². The second kappa shape index (κ2) is 5.77. The van der Waals surface area contributed by atoms with Crippen molar-refractivity contribution in [2.24, 2.45) is 0 Å². The molecule has 7 heteroatoms. The zero-order valence-electron chi connectivity index (χ0n) is 6.73. The average Bonchev–Trinajstić information content (AvgIpc) is 1.85. The summed E-state index contributed by atoms with van der Waals surface area (Å²) in [6, 6.07) is 0. The van der Waals surface area contributed by atoms with E-state index < -0.39 is 21.0 Å². The van der Waals surface area contributed by atoms with Crippen LogP contribution in [0.1, 0.15) is 20.3 Å². The van der Waals surface area contributed by atoms with E-state index in [0.29, 0.717) is 0 Å². The van der Waals surface area contributed by atoms with Crippen molar-refractivity contribution in [1.82, 2.24) is 0 Å². The topological polar surface area (TPSA) is 91.7 Å². The second-order valence-corrected chi connectivity index (χ2v) is 3.62. The summed E-state index contributed by atoms with van der Waals surface area (Å²) in [5.41, 5.74) is -0.347. The quantitative estimate of drug-likeness (QED) is 0.395. The number of carboxylic acid groups (broad SMARTS) is 1. The SMILES string of the molecule is CCC(=C(C)C(=O)O)S(=O)(=O)O.[NaH]. The summed E-state index contributed by atoms with van der Waals surface area (Å²) in [5.74, 6) is -1.34. The van der Waals surface area contributed by atoms with Gasteiger partial charge in [0.15, 0.2) is 0 Å². The summed E-state index contributed by atoms with van der Waals surface area (Å²) < 4.78 is 29.6. The van der Waals surface area contributed by atoms with E-state index in [0.717, 1.165) is 6.92 Å². The summed E-state index contributed by atoms with van der Waals surface area (Å²) in [6.45, 7) is 2.59. The van der Waals surface area contributed by atoms with Crippen molar-refractivity contribution in [3.05, 3.63) is 10.5 Å². The van der Waals surface area contributed by atoms with Gasteiger partial charge in [0.1, 0.15) is 0 Å². The van der Waals surface area contributed by atoms with Gasteiger partial charge in [-0.15, -0.1) is 0 Å². The molecule has 0 aliphatic rings. The Bertz CT molecular complexity index is 316. The fourth-order valence-electron chi connectivity index (χ4n) is 0.760. The Morgan fingerprint density at radius 3 is 1.85 bits per heavy atom. The Balaban J connectivity index is 0. The summed E-state index contributed by atoms with van der Waals surface area (Å²) in [5, 5.41) is 8.41. The first-order chi connectivity index (χ1) is 5.30. The van der Waals surface area contributed by atoms with Gasteiger partial charge in [0.05, 0.1) is 10.5 Å². The average molecular weight is 218 g/mol. The van der Waals surface area contributed by atoms with Crippen LogP contribution in [-0.2, 0) is 14.9 Å². The van der Waals surface area contributed by atoms with Gasteiger partial charge < -0.3 is 5.11 Å². The van der Waals surface area contributed by atoms with Crippen molar-refractivity contribution in [3.63, 3.8) is 0 Å². The molecule has 2 N–H and O–H groups in total. The molecule has 13 heavy (non-hydrogen) atoms. The van der Waals surface area contributed by atoms with Crippen LogP contribution in [0.25, 0.3) is 0 Å². The number of carbonyl (C=O) groups is 1. The van der Waals surface area contributed by atoms with E-state index in [-0.39, 0.29) is 41.6 Å². The molecule has 0 spiro atoms. The van der Waals surface area contributed by atoms with E-state index in [9.17, 15) is 13.2 Å². The second-order valence-electron chi connectivity index (χ2n) is 2.18. The maximum atomic E-state index is 10.5. The molecule has 0 unspecified atom stereocenters. The number of hydrogen-bond acceptors (Lipinski definition) is 3. The molecule has 0 fully saturated rings. The van der Waals surface area contributed by atoms with Crippen LogP contribution < -0.4 is 0 Å². The van der Waals surface area contributed by atoms with Crippen LogP contribution in [0.15, 0.2) is 10.5 Å². The number of hydrogen-bond donors (Lipinski definition) is 2. The Labute approximate surface area is 98.9 Å². The summed E-state index contributed by atoms with van der Waals surface area (Å²) in [7, 11) is -4.36. The molecule has 0 aromatic carbocycles. The standard InChI is InChI=1S/C6H10O5S.Na.H/c1-3-5(12(9,10)11)4(2)6(7)8;;/h3H2,1-2H3,(H,7,8)(H,9,10,11);;. The summed E-state index contributed by atoms with van der Waals surface area (Å²) in [4.78, 5) is 9.86. The number of carboxylic acids is 1. The summed E-state index contributed by atoms with van der Waals surface area (Å²) in [6.07, 6.45) is -0.0308. The van der Waals surface area contributed by atoms with Crippen LogP contribution in [0.5, 0.6) is 0 Å². The minimum atomic E-state index is -4.36. The predicted molar refractivity (Wildman–Crippen MR) is 49.3 cm³/mol. The molecular weight excluding hydrogens is 207 g/mol. The van der Waals surface area contributed by atoms with Gasteiger partial charge in [0, 0.05) is 0 Å². The molecule has 0 aromatic heterocycles. The third-order valence-electron chi connectivity index (χ3n) is 1.37. The molecular formula is C6H11NaO5S. The van der Waals surface area contributed by atoms with Gasteiger partial charge in [-0.1, -0.05) is 6.92 Å². The van der Waals surface area contributed by atoms with E-state index in [4.69, 9.17) is 9.66 Å². The van der Waals surface area contributed by atoms with Crippen molar-refractivity contribution < 1.29 is 22.9 Å². The van der Waals surface area contributed by atoms with E-state index in [1.807, 2.05) is 0 Å². The third kappa shape index (κ3) is 4.78. The van der Waals surface area contributed by atoms with Gasteiger partial charge in [-0.2, -0.15) is 8.42 Å². The third-order valence-corrected chi connectivity index (χ3v) is 2.59. The fourth-order valence-corrected chi connectivity index (χ4v) is 1.60. The molecule has 0 bridgehead atoms. The Hall–Kier alpha value is 0.120. The first-order valence-corrected chi connectivity index (χ1v) is 4.65. The van der Waals surface area contributed by atoms with Crippen molar-refractivity contribution in [2.75, 3.05) is 0 Å². The number of aliphatic carboxylic acids is 1. The normalized spacial score (nSPS) is 12.8. The Kier molecular flexibility index (Phi) is 6.91. The van der Waals surface area contributed by atoms with Gasteiger partial charge >= 0.3 is 35.5 Å². The first-order valence-electron chi connectivity index (χ1n) is 3.21. The molecule has 0 heterocycles. The first kappa shape index (κ1) is 15.6. The van der Waals surface area contributed by atoms with Gasteiger partial charge in [-0.25, -0.2) is 4.79 Å². The van der Waals surface area contributed by atoms with Crippen molar-refractivity contribution in [1.29, 1.82) is 0 Å². The maximum absolute atomic E-state index is 10.5. The molecule has 0 rings (SSSR count). The van der Waals surface area contributed by atoms with Crippen LogP contribution in [0.4, 0.5) is 0 Å². The van der Waals surface area contributed by atoms with Crippen LogP contribution in [0.3, 0.4) is 0 Å². The molecule has 0 aromatic rings. The van der Waals surface area contributed by atoms with E-state index in [1.54, 1.807) is 0 Å². The predicted octanol–water partition coefficient (Wildman–Crippen LogP) is -0.00570. The van der Waals surface area contributed by atoms with Crippen LogP contribution in [0.2, 0.25) is 0 Å². The van der Waals surface area contributed by atoms with Crippen LogP contribution in [0, 0.1) is 0 Å². The molecule has 5 nitrogen and oxygen atoms in total. The van der Waals surface area contributed by atoms with Crippen molar-refractivity contribution in [3.8, 4) is 0 Å². The van der Waals surface area contributed by atoms with Gasteiger partial charge in [0.2, 0.25) is 0 Å². The molecule has 0 radical (unpaired) electrons. The van der Waals surface area contributed by atoms with Crippen LogP contribution >= 0.6 is 0 Å². The number of allylic oxidation sites excluding steroid dienone is 1. The van der Waals surface area contributed by atoms with Gasteiger partial charge in [-0.3, -0.25) is 4.55 Å². The fraction of sp³-hybridized carbons (Fsp3) is 0.500. The minimum absolute atomic E-state index is 0. The Morgan fingerprint density at radius 2 is 1.77 bits per heavy atom. The zero-order chi connectivity index (χ0) is 9.94. The monoisotopic (exact) mass is 218 g/mol. The number of rotatable bonds is 3. The van der Waals surface area contributed by atoms with E-state index in [1.165, 1.54) is 6.92 Å². The molecule has 72 valence electrons. The molecule has 0 saturated carbocycles. The molecule has 0 aliphatic carbocycles. The van der Waals surface area contributed by atoms with Gasteiger partial charge in [-0.05, 0) is 13.3 Å². The van der Waals surface area contributed by atoms with E-state index in [2.05, 4.69) is 0 Å². The van der Waals surface area contributed by atoms with Gasteiger partial charge in [0.25, 0.3) is 10.1 Å².